The normalized spacial score (nSPS) is 12.8. The van der Waals surface area contributed by atoms with Crippen LogP contribution in [0.5, 0.6) is 0 Å². The van der Waals surface area contributed by atoms with Crippen molar-refractivity contribution < 1.29 is 13.9 Å². The average molecular weight is 312 g/mol. The lowest BCUT2D eigenvalue weighted by Crippen LogP contribution is -2.01. The molecule has 0 saturated carbocycles. The van der Waals surface area contributed by atoms with Gasteiger partial charge in [-0.2, -0.15) is 0 Å². The average Bonchev–Trinajstić information content (AvgIpc) is 2.81. The highest BCUT2D eigenvalue weighted by molar-refractivity contribution is 6.34. The summed E-state index contributed by atoms with van der Waals surface area (Å²) in [5, 5.41) is 11.4. The Labute approximate surface area is 123 Å². The molecule has 1 atom stereocenters. The molecule has 0 amide bonds. The number of fused-ring (bicyclic) bond motifs is 1. The SMILES string of the molecule is OC(c1cc2cc(F)ccc2o1)c1ncc(Cl)cc1Cl. The lowest BCUT2D eigenvalue weighted by molar-refractivity contribution is 0.188. The van der Waals surface area contributed by atoms with Crippen LogP contribution in [0.15, 0.2) is 40.9 Å². The second kappa shape index (κ2) is 5.05. The molecule has 2 heterocycles. The quantitative estimate of drug-likeness (QED) is 0.765. The van der Waals surface area contributed by atoms with Crippen molar-refractivity contribution in [1.82, 2.24) is 4.98 Å². The number of furan rings is 1. The summed E-state index contributed by atoms with van der Waals surface area (Å²) < 4.78 is 18.6. The van der Waals surface area contributed by atoms with Gasteiger partial charge in [-0.05, 0) is 30.3 Å². The van der Waals surface area contributed by atoms with Crippen LogP contribution in [0, 0.1) is 5.82 Å². The summed E-state index contributed by atoms with van der Waals surface area (Å²) >= 11 is 11.7. The Morgan fingerprint density at radius 1 is 1.20 bits per heavy atom. The first-order valence-electron chi connectivity index (χ1n) is 5.72. The molecule has 1 unspecified atom stereocenters. The van der Waals surface area contributed by atoms with E-state index in [0.29, 0.717) is 16.0 Å². The molecule has 2 aromatic heterocycles. The first-order valence-corrected chi connectivity index (χ1v) is 6.48. The van der Waals surface area contributed by atoms with Gasteiger partial charge in [0.1, 0.15) is 17.2 Å². The minimum absolute atomic E-state index is 0.232. The highest BCUT2D eigenvalue weighted by atomic mass is 35.5. The molecule has 0 spiro atoms. The van der Waals surface area contributed by atoms with E-state index in [1.807, 2.05) is 0 Å². The lowest BCUT2D eigenvalue weighted by atomic mass is 10.1. The van der Waals surface area contributed by atoms with E-state index in [2.05, 4.69) is 4.98 Å². The summed E-state index contributed by atoms with van der Waals surface area (Å²) in [5.74, 6) is -0.135. The number of hydrogen-bond acceptors (Lipinski definition) is 3. The van der Waals surface area contributed by atoms with Crippen LogP contribution < -0.4 is 0 Å². The molecule has 1 N–H and O–H groups in total. The van der Waals surface area contributed by atoms with Crippen LogP contribution >= 0.6 is 23.2 Å². The third-order valence-corrected chi connectivity index (χ3v) is 3.37. The van der Waals surface area contributed by atoms with Crippen LogP contribution in [-0.2, 0) is 0 Å². The smallest absolute Gasteiger partial charge is 0.155 e. The molecule has 0 fully saturated rings. The molecular formula is C14H8Cl2FNO2. The van der Waals surface area contributed by atoms with Crippen LogP contribution in [0.2, 0.25) is 10.0 Å². The molecule has 0 saturated heterocycles. The molecule has 3 aromatic rings. The highest BCUT2D eigenvalue weighted by Gasteiger charge is 2.20. The Balaban J connectivity index is 2.05. The number of rotatable bonds is 2. The van der Waals surface area contributed by atoms with Crippen molar-refractivity contribution in [3.8, 4) is 0 Å². The molecule has 6 heteroatoms. The van der Waals surface area contributed by atoms with Crippen LogP contribution in [0.25, 0.3) is 11.0 Å². The summed E-state index contributed by atoms with van der Waals surface area (Å²) in [4.78, 5) is 3.99. The lowest BCUT2D eigenvalue weighted by Gasteiger charge is -2.08. The fourth-order valence-electron chi connectivity index (χ4n) is 1.93. The van der Waals surface area contributed by atoms with Gasteiger partial charge in [-0.1, -0.05) is 23.2 Å². The number of aliphatic hydroxyl groups is 1. The Morgan fingerprint density at radius 2 is 2.00 bits per heavy atom. The molecule has 20 heavy (non-hydrogen) atoms. The molecule has 0 aliphatic carbocycles. The van der Waals surface area contributed by atoms with Gasteiger partial charge in [-0.3, -0.25) is 4.98 Å². The topological polar surface area (TPSA) is 46.3 Å². The molecule has 0 radical (unpaired) electrons. The van der Waals surface area contributed by atoms with Gasteiger partial charge in [0.05, 0.1) is 15.7 Å². The summed E-state index contributed by atoms with van der Waals surface area (Å²) in [6.45, 7) is 0. The fourth-order valence-corrected chi connectivity index (χ4v) is 2.41. The predicted molar refractivity (Wildman–Crippen MR) is 74.5 cm³/mol. The van der Waals surface area contributed by atoms with Gasteiger partial charge in [0.2, 0.25) is 0 Å². The zero-order valence-corrected chi connectivity index (χ0v) is 11.5. The van der Waals surface area contributed by atoms with Crippen molar-refractivity contribution in [2.24, 2.45) is 0 Å². The molecule has 0 aliphatic heterocycles. The Morgan fingerprint density at radius 3 is 2.75 bits per heavy atom. The number of aliphatic hydroxyl groups excluding tert-OH is 1. The predicted octanol–water partition coefficient (Wildman–Crippen LogP) is 4.36. The van der Waals surface area contributed by atoms with Gasteiger partial charge in [0.15, 0.2) is 6.10 Å². The number of benzene rings is 1. The number of halogens is 3. The van der Waals surface area contributed by atoms with Crippen LogP contribution in [0.1, 0.15) is 17.6 Å². The molecule has 0 aliphatic rings. The molecule has 1 aromatic carbocycles. The minimum Gasteiger partial charge on any atom is -0.458 e. The third kappa shape index (κ3) is 2.38. The van der Waals surface area contributed by atoms with Gasteiger partial charge in [-0.15, -0.1) is 0 Å². The molecule has 102 valence electrons. The van der Waals surface area contributed by atoms with Crippen LogP contribution in [0.4, 0.5) is 4.39 Å². The third-order valence-electron chi connectivity index (χ3n) is 2.86. The van der Waals surface area contributed by atoms with Crippen molar-refractivity contribution in [1.29, 1.82) is 0 Å². The van der Waals surface area contributed by atoms with E-state index in [4.69, 9.17) is 27.6 Å². The van der Waals surface area contributed by atoms with Crippen LogP contribution in [-0.4, -0.2) is 10.1 Å². The zero-order chi connectivity index (χ0) is 14.3. The molecular weight excluding hydrogens is 304 g/mol. The van der Waals surface area contributed by atoms with E-state index in [9.17, 15) is 9.50 Å². The van der Waals surface area contributed by atoms with Crippen molar-refractivity contribution in [3.05, 3.63) is 63.8 Å². The number of nitrogens with zero attached hydrogens (tertiary/aromatic N) is 1. The first-order chi connectivity index (χ1) is 9.54. The molecule has 3 rings (SSSR count). The van der Waals surface area contributed by atoms with E-state index in [0.717, 1.165) is 0 Å². The van der Waals surface area contributed by atoms with Gasteiger partial charge < -0.3 is 9.52 Å². The standard InChI is InChI=1S/C14H8Cl2FNO2/c15-8-5-10(16)13(18-6-8)14(19)12-4-7-3-9(17)1-2-11(7)20-12/h1-6,14,19H. The van der Waals surface area contributed by atoms with Crippen molar-refractivity contribution in [3.63, 3.8) is 0 Å². The van der Waals surface area contributed by atoms with E-state index in [1.165, 1.54) is 30.5 Å². The molecule has 3 nitrogen and oxygen atoms in total. The van der Waals surface area contributed by atoms with E-state index >= 15 is 0 Å². The van der Waals surface area contributed by atoms with E-state index in [-0.39, 0.29) is 22.3 Å². The maximum absolute atomic E-state index is 13.1. The molecule has 0 bridgehead atoms. The Bertz CT molecular complexity index is 788. The van der Waals surface area contributed by atoms with Gasteiger partial charge in [0.25, 0.3) is 0 Å². The van der Waals surface area contributed by atoms with Crippen molar-refractivity contribution in [2.75, 3.05) is 0 Å². The van der Waals surface area contributed by atoms with E-state index in [1.54, 1.807) is 6.07 Å². The minimum atomic E-state index is -1.14. The Kier molecular flexibility index (Phi) is 3.38. The maximum Gasteiger partial charge on any atom is 0.155 e. The second-order valence-electron chi connectivity index (χ2n) is 4.25. The highest BCUT2D eigenvalue weighted by Crippen LogP contribution is 2.31. The zero-order valence-electron chi connectivity index (χ0n) is 9.98. The van der Waals surface area contributed by atoms with Crippen LogP contribution in [0.3, 0.4) is 0 Å². The number of aromatic nitrogens is 1. The van der Waals surface area contributed by atoms with Gasteiger partial charge >= 0.3 is 0 Å². The maximum atomic E-state index is 13.1. The fraction of sp³-hybridized carbons (Fsp3) is 0.0714. The summed E-state index contributed by atoms with van der Waals surface area (Å²) in [5.41, 5.74) is 0.709. The monoisotopic (exact) mass is 311 g/mol. The summed E-state index contributed by atoms with van der Waals surface area (Å²) in [6.07, 6.45) is 0.240. The van der Waals surface area contributed by atoms with E-state index < -0.39 is 6.10 Å². The number of pyridine rings is 1. The van der Waals surface area contributed by atoms with Gasteiger partial charge in [0, 0.05) is 11.6 Å². The Hall–Kier alpha value is -1.62. The second-order valence-corrected chi connectivity index (χ2v) is 5.10. The van der Waals surface area contributed by atoms with Gasteiger partial charge in [-0.25, -0.2) is 4.39 Å². The first kappa shape index (κ1) is 13.4. The largest absolute Gasteiger partial charge is 0.458 e. The van der Waals surface area contributed by atoms with Crippen molar-refractivity contribution in [2.45, 2.75) is 6.10 Å². The summed E-state index contributed by atoms with van der Waals surface area (Å²) in [6, 6.07) is 7.14. The number of hydrogen-bond donors (Lipinski definition) is 1. The van der Waals surface area contributed by atoms with Crippen molar-refractivity contribution >= 4 is 34.2 Å². The summed E-state index contributed by atoms with van der Waals surface area (Å²) in [7, 11) is 0.